The van der Waals surface area contributed by atoms with Gasteiger partial charge in [0.1, 0.15) is 5.75 Å². The summed E-state index contributed by atoms with van der Waals surface area (Å²) >= 11 is 0. The largest absolute Gasteiger partial charge is 0.508 e. The molecule has 0 aliphatic carbocycles. The molecule has 3 aromatic rings. The van der Waals surface area contributed by atoms with Crippen molar-refractivity contribution in [3.63, 3.8) is 0 Å². The SMILES string of the molecule is O=C(Nc1ccccc1C(=O)N1CCN(c2cccc(O)c2)CC1)c1ccccc1. The van der Waals surface area contributed by atoms with Gasteiger partial charge in [-0.1, -0.05) is 36.4 Å². The molecule has 3 aromatic carbocycles. The second-order valence-corrected chi connectivity index (χ2v) is 7.16. The Hall–Kier alpha value is -3.80. The predicted molar refractivity (Wildman–Crippen MR) is 117 cm³/mol. The van der Waals surface area contributed by atoms with Gasteiger partial charge in [0.05, 0.1) is 11.3 Å². The van der Waals surface area contributed by atoms with Gasteiger partial charge in [-0.3, -0.25) is 9.59 Å². The van der Waals surface area contributed by atoms with Gasteiger partial charge in [-0.05, 0) is 36.4 Å². The van der Waals surface area contributed by atoms with Crippen molar-refractivity contribution in [3.05, 3.63) is 90.0 Å². The Bertz CT molecular complexity index is 1040. The first kappa shape index (κ1) is 19.5. The van der Waals surface area contributed by atoms with E-state index in [4.69, 9.17) is 0 Å². The van der Waals surface area contributed by atoms with Crippen LogP contribution in [0, 0.1) is 0 Å². The summed E-state index contributed by atoms with van der Waals surface area (Å²) < 4.78 is 0. The molecule has 30 heavy (non-hydrogen) atoms. The van der Waals surface area contributed by atoms with Crippen molar-refractivity contribution in [2.24, 2.45) is 0 Å². The van der Waals surface area contributed by atoms with E-state index in [-0.39, 0.29) is 17.6 Å². The maximum Gasteiger partial charge on any atom is 0.256 e. The minimum atomic E-state index is -0.246. The quantitative estimate of drug-likeness (QED) is 0.701. The normalized spacial score (nSPS) is 13.7. The van der Waals surface area contributed by atoms with Gasteiger partial charge in [-0.15, -0.1) is 0 Å². The molecule has 6 nitrogen and oxygen atoms in total. The monoisotopic (exact) mass is 401 g/mol. The molecule has 1 heterocycles. The Morgan fingerprint density at radius 2 is 1.50 bits per heavy atom. The number of hydrogen-bond acceptors (Lipinski definition) is 4. The lowest BCUT2D eigenvalue weighted by Crippen LogP contribution is -2.48. The Morgan fingerprint density at radius 1 is 0.800 bits per heavy atom. The lowest BCUT2D eigenvalue weighted by atomic mass is 10.1. The van der Waals surface area contributed by atoms with Gasteiger partial charge < -0.3 is 20.2 Å². The highest BCUT2D eigenvalue weighted by atomic mass is 16.3. The minimum absolute atomic E-state index is 0.102. The van der Waals surface area contributed by atoms with E-state index in [1.54, 1.807) is 65.6 Å². The molecular weight excluding hydrogens is 378 g/mol. The zero-order valence-corrected chi connectivity index (χ0v) is 16.5. The van der Waals surface area contributed by atoms with Gasteiger partial charge in [0.15, 0.2) is 0 Å². The third kappa shape index (κ3) is 4.27. The summed E-state index contributed by atoms with van der Waals surface area (Å²) in [4.78, 5) is 29.6. The summed E-state index contributed by atoms with van der Waals surface area (Å²) in [6, 6.07) is 23.2. The number of hydrogen-bond donors (Lipinski definition) is 2. The summed E-state index contributed by atoms with van der Waals surface area (Å²) in [6.45, 7) is 2.48. The molecule has 1 aliphatic heterocycles. The fourth-order valence-electron chi connectivity index (χ4n) is 3.59. The third-order valence-electron chi connectivity index (χ3n) is 5.20. The molecule has 0 unspecified atom stereocenters. The topological polar surface area (TPSA) is 72.9 Å². The van der Waals surface area contributed by atoms with E-state index in [0.29, 0.717) is 43.0 Å². The zero-order valence-electron chi connectivity index (χ0n) is 16.5. The molecule has 0 spiro atoms. The molecule has 152 valence electrons. The number of aromatic hydroxyl groups is 1. The first-order valence-corrected chi connectivity index (χ1v) is 9.90. The van der Waals surface area contributed by atoms with E-state index < -0.39 is 0 Å². The highest BCUT2D eigenvalue weighted by Crippen LogP contribution is 2.23. The van der Waals surface area contributed by atoms with Crippen LogP contribution in [-0.2, 0) is 0 Å². The molecular formula is C24H23N3O3. The smallest absolute Gasteiger partial charge is 0.256 e. The van der Waals surface area contributed by atoms with Crippen LogP contribution in [0.25, 0.3) is 0 Å². The summed E-state index contributed by atoms with van der Waals surface area (Å²) in [7, 11) is 0. The summed E-state index contributed by atoms with van der Waals surface area (Å²) in [5, 5.41) is 12.6. The number of amides is 2. The van der Waals surface area contributed by atoms with Crippen LogP contribution in [0.2, 0.25) is 0 Å². The van der Waals surface area contributed by atoms with Gasteiger partial charge in [0.2, 0.25) is 0 Å². The summed E-state index contributed by atoms with van der Waals surface area (Å²) in [5.74, 6) is -0.117. The number of benzene rings is 3. The lowest BCUT2D eigenvalue weighted by Gasteiger charge is -2.36. The Balaban J connectivity index is 1.45. The van der Waals surface area contributed by atoms with Crippen LogP contribution in [-0.4, -0.2) is 48.0 Å². The number of nitrogens with one attached hydrogen (secondary N) is 1. The summed E-state index contributed by atoms with van der Waals surface area (Å²) in [5.41, 5.74) is 2.47. The molecule has 1 aliphatic rings. The van der Waals surface area contributed by atoms with Crippen LogP contribution < -0.4 is 10.2 Å². The van der Waals surface area contributed by atoms with E-state index in [0.717, 1.165) is 5.69 Å². The van der Waals surface area contributed by atoms with E-state index in [1.807, 2.05) is 18.2 Å². The van der Waals surface area contributed by atoms with Crippen LogP contribution in [0.3, 0.4) is 0 Å². The van der Waals surface area contributed by atoms with Crippen molar-refractivity contribution in [2.45, 2.75) is 0 Å². The van der Waals surface area contributed by atoms with Crippen LogP contribution >= 0.6 is 0 Å². The molecule has 0 atom stereocenters. The maximum absolute atomic E-state index is 13.2. The number of rotatable bonds is 4. The van der Waals surface area contributed by atoms with Gasteiger partial charge in [-0.25, -0.2) is 0 Å². The van der Waals surface area contributed by atoms with Crippen LogP contribution in [0.1, 0.15) is 20.7 Å². The second-order valence-electron chi connectivity index (χ2n) is 7.16. The predicted octanol–water partition coefficient (Wildman–Crippen LogP) is 3.61. The Kier molecular flexibility index (Phi) is 5.66. The Morgan fingerprint density at radius 3 is 2.23 bits per heavy atom. The second kappa shape index (κ2) is 8.69. The lowest BCUT2D eigenvalue weighted by molar-refractivity contribution is 0.0748. The van der Waals surface area contributed by atoms with E-state index in [9.17, 15) is 14.7 Å². The molecule has 1 saturated heterocycles. The molecule has 2 amide bonds. The van der Waals surface area contributed by atoms with Gasteiger partial charge in [0, 0.05) is 43.5 Å². The number of phenols is 1. The number of phenolic OH excluding ortho intramolecular Hbond substituents is 1. The number of piperazine rings is 1. The number of carbonyl (C=O) groups is 2. The standard InChI is InChI=1S/C24H23N3O3/c28-20-10-6-9-19(17-20)26-13-15-27(16-14-26)24(30)21-11-4-5-12-22(21)25-23(29)18-7-2-1-3-8-18/h1-12,17,28H,13-16H2,(H,25,29). The highest BCUT2D eigenvalue weighted by Gasteiger charge is 2.24. The highest BCUT2D eigenvalue weighted by molar-refractivity contribution is 6.09. The van der Waals surface area contributed by atoms with Crippen molar-refractivity contribution in [2.75, 3.05) is 36.4 Å². The fourth-order valence-corrected chi connectivity index (χ4v) is 3.59. The minimum Gasteiger partial charge on any atom is -0.508 e. The zero-order chi connectivity index (χ0) is 20.9. The van der Waals surface area contributed by atoms with E-state index >= 15 is 0 Å². The van der Waals surface area contributed by atoms with Gasteiger partial charge in [0.25, 0.3) is 11.8 Å². The average Bonchev–Trinajstić information content (AvgIpc) is 2.80. The van der Waals surface area contributed by atoms with Gasteiger partial charge in [-0.2, -0.15) is 0 Å². The van der Waals surface area contributed by atoms with Crippen molar-refractivity contribution in [1.82, 2.24) is 4.90 Å². The van der Waals surface area contributed by atoms with Crippen LogP contribution in [0.5, 0.6) is 5.75 Å². The average molecular weight is 401 g/mol. The van der Waals surface area contributed by atoms with E-state index in [1.165, 1.54) is 0 Å². The summed E-state index contributed by atoms with van der Waals surface area (Å²) in [6.07, 6.45) is 0. The molecule has 0 aromatic heterocycles. The maximum atomic E-state index is 13.2. The molecule has 0 bridgehead atoms. The van der Waals surface area contributed by atoms with Crippen LogP contribution in [0.4, 0.5) is 11.4 Å². The molecule has 0 radical (unpaired) electrons. The van der Waals surface area contributed by atoms with Crippen molar-refractivity contribution >= 4 is 23.2 Å². The Labute approximate surface area is 175 Å². The van der Waals surface area contributed by atoms with Crippen molar-refractivity contribution < 1.29 is 14.7 Å². The first-order valence-electron chi connectivity index (χ1n) is 9.90. The first-order chi connectivity index (χ1) is 14.6. The number of nitrogens with zero attached hydrogens (tertiary/aromatic N) is 2. The van der Waals surface area contributed by atoms with Crippen molar-refractivity contribution in [3.8, 4) is 5.75 Å². The number of anilines is 2. The molecule has 2 N–H and O–H groups in total. The molecule has 1 fully saturated rings. The fraction of sp³-hybridized carbons (Fsp3) is 0.167. The van der Waals surface area contributed by atoms with E-state index in [2.05, 4.69) is 10.2 Å². The van der Waals surface area contributed by atoms with Crippen molar-refractivity contribution in [1.29, 1.82) is 0 Å². The van der Waals surface area contributed by atoms with Gasteiger partial charge >= 0.3 is 0 Å². The van der Waals surface area contributed by atoms with Crippen LogP contribution in [0.15, 0.2) is 78.9 Å². The number of para-hydroxylation sites is 1. The molecule has 6 heteroatoms. The molecule has 0 saturated carbocycles. The third-order valence-corrected chi connectivity index (χ3v) is 5.20. The molecule has 4 rings (SSSR count). The number of carbonyl (C=O) groups excluding carboxylic acids is 2.